The van der Waals surface area contributed by atoms with Crippen molar-refractivity contribution in [3.05, 3.63) is 78.3 Å². The summed E-state index contributed by atoms with van der Waals surface area (Å²) < 4.78 is 15.8. The molecule has 152 valence electrons. The summed E-state index contributed by atoms with van der Waals surface area (Å²) in [5, 5.41) is 5.78. The molecule has 1 aliphatic rings. The lowest BCUT2D eigenvalue weighted by Crippen LogP contribution is -2.31. The number of aromatic nitrogens is 2. The van der Waals surface area contributed by atoms with Gasteiger partial charge in [-0.05, 0) is 42.0 Å². The number of amides is 1. The number of hydrazone groups is 1. The van der Waals surface area contributed by atoms with E-state index in [0.29, 0.717) is 17.9 Å². The number of furan rings is 1. The lowest BCUT2D eigenvalue weighted by molar-refractivity contribution is -0.136. The number of hydrogen-bond donors (Lipinski definition) is 0. The molecule has 1 aromatic carbocycles. The minimum atomic E-state index is -0.732. The van der Waals surface area contributed by atoms with Crippen LogP contribution >= 0.6 is 0 Å². The van der Waals surface area contributed by atoms with Crippen LogP contribution in [-0.4, -0.2) is 46.3 Å². The Balaban J connectivity index is 1.51. The molecule has 9 nitrogen and oxygen atoms in total. The third-order valence-electron chi connectivity index (χ3n) is 4.56. The largest absolute Gasteiger partial charge is 0.497 e. The number of benzene rings is 1. The molecule has 0 N–H and O–H groups in total. The zero-order chi connectivity index (χ0) is 20.9. The number of ether oxygens (including phenoxy) is 2. The first-order chi connectivity index (χ1) is 14.7. The third-order valence-corrected chi connectivity index (χ3v) is 4.56. The Morgan fingerprint density at radius 1 is 1.20 bits per heavy atom. The van der Waals surface area contributed by atoms with Crippen LogP contribution in [0.15, 0.2) is 70.8 Å². The second-order valence-electron chi connectivity index (χ2n) is 6.42. The highest BCUT2D eigenvalue weighted by molar-refractivity contribution is 6.03. The SMILES string of the molecule is COc1ccc(C2=NN(C(=O)COC(=O)c3cnccn3)[C@@H](c3ccco3)C2)cc1. The van der Waals surface area contributed by atoms with Crippen molar-refractivity contribution in [2.24, 2.45) is 5.10 Å². The molecule has 0 bridgehead atoms. The maximum Gasteiger partial charge on any atom is 0.359 e. The van der Waals surface area contributed by atoms with Gasteiger partial charge >= 0.3 is 5.97 Å². The summed E-state index contributed by atoms with van der Waals surface area (Å²) >= 11 is 0. The van der Waals surface area contributed by atoms with Gasteiger partial charge in [0.25, 0.3) is 5.91 Å². The molecule has 2 aromatic heterocycles. The monoisotopic (exact) mass is 406 g/mol. The van der Waals surface area contributed by atoms with Crippen LogP contribution in [0.5, 0.6) is 5.75 Å². The summed E-state index contributed by atoms with van der Waals surface area (Å²) in [6.45, 7) is -0.480. The molecule has 3 aromatic rings. The van der Waals surface area contributed by atoms with Gasteiger partial charge in [-0.3, -0.25) is 9.78 Å². The predicted octanol–water partition coefficient (Wildman–Crippen LogP) is 2.61. The molecule has 1 amide bonds. The molecule has 0 fully saturated rings. The summed E-state index contributed by atoms with van der Waals surface area (Å²) in [5.74, 6) is 0.112. The van der Waals surface area contributed by atoms with Gasteiger partial charge in [0, 0.05) is 18.8 Å². The number of esters is 1. The molecule has 0 radical (unpaired) electrons. The van der Waals surface area contributed by atoms with Crippen molar-refractivity contribution < 1.29 is 23.5 Å². The topological polar surface area (TPSA) is 107 Å². The van der Waals surface area contributed by atoms with E-state index in [1.807, 2.05) is 24.3 Å². The number of methoxy groups -OCH3 is 1. The Bertz CT molecular complexity index is 1050. The second-order valence-corrected chi connectivity index (χ2v) is 6.42. The quantitative estimate of drug-likeness (QED) is 0.579. The van der Waals surface area contributed by atoms with Crippen molar-refractivity contribution in [2.45, 2.75) is 12.5 Å². The normalized spacial score (nSPS) is 15.6. The minimum absolute atomic E-state index is 0.0247. The Hall–Kier alpha value is -4.01. The molecule has 4 rings (SSSR count). The van der Waals surface area contributed by atoms with E-state index >= 15 is 0 Å². The Labute approximate surface area is 172 Å². The van der Waals surface area contributed by atoms with Gasteiger partial charge in [-0.2, -0.15) is 5.10 Å². The van der Waals surface area contributed by atoms with E-state index in [-0.39, 0.29) is 5.69 Å². The first kappa shape index (κ1) is 19.3. The molecule has 0 unspecified atom stereocenters. The number of rotatable bonds is 6. The zero-order valence-corrected chi connectivity index (χ0v) is 16.1. The molecule has 3 heterocycles. The summed E-state index contributed by atoms with van der Waals surface area (Å²) in [6, 6.07) is 10.5. The van der Waals surface area contributed by atoms with E-state index in [1.165, 1.54) is 29.9 Å². The molecule has 30 heavy (non-hydrogen) atoms. The van der Waals surface area contributed by atoms with Crippen LogP contribution in [0.1, 0.15) is 34.3 Å². The van der Waals surface area contributed by atoms with Gasteiger partial charge in [0.1, 0.15) is 17.6 Å². The molecule has 1 atom stereocenters. The van der Waals surface area contributed by atoms with Gasteiger partial charge in [0.2, 0.25) is 0 Å². The van der Waals surface area contributed by atoms with Gasteiger partial charge in [0.15, 0.2) is 12.3 Å². The van der Waals surface area contributed by atoms with E-state index in [9.17, 15) is 9.59 Å². The van der Waals surface area contributed by atoms with Gasteiger partial charge in [0.05, 0.1) is 25.3 Å². The fraction of sp³-hybridized carbons (Fsp3) is 0.190. The molecular formula is C21H18N4O5. The van der Waals surface area contributed by atoms with Crippen LogP contribution < -0.4 is 4.74 Å². The Morgan fingerprint density at radius 2 is 2.03 bits per heavy atom. The van der Waals surface area contributed by atoms with Crippen molar-refractivity contribution in [3.8, 4) is 5.75 Å². The van der Waals surface area contributed by atoms with Crippen LogP contribution in [0.2, 0.25) is 0 Å². The number of hydrogen-bond acceptors (Lipinski definition) is 8. The molecule has 9 heteroatoms. The standard InChI is InChI=1S/C21H18N4O5/c1-28-15-6-4-14(5-7-15)16-11-18(19-3-2-10-29-19)25(24-16)20(26)13-30-21(27)17-12-22-8-9-23-17/h2-10,12,18H,11,13H2,1H3/t18-/m1/s1. The van der Waals surface area contributed by atoms with Crippen LogP contribution in [0.3, 0.4) is 0 Å². The van der Waals surface area contributed by atoms with Crippen molar-refractivity contribution in [2.75, 3.05) is 13.7 Å². The van der Waals surface area contributed by atoms with Gasteiger partial charge in [-0.25, -0.2) is 14.8 Å². The van der Waals surface area contributed by atoms with Crippen LogP contribution in [0.25, 0.3) is 0 Å². The average Bonchev–Trinajstić information content (AvgIpc) is 3.48. The van der Waals surface area contributed by atoms with Crippen LogP contribution in [-0.2, 0) is 9.53 Å². The fourth-order valence-corrected chi connectivity index (χ4v) is 3.07. The minimum Gasteiger partial charge on any atom is -0.497 e. The molecule has 0 aliphatic carbocycles. The number of carbonyl (C=O) groups excluding carboxylic acids is 2. The Morgan fingerprint density at radius 3 is 2.70 bits per heavy atom. The van der Waals surface area contributed by atoms with Crippen LogP contribution in [0.4, 0.5) is 0 Å². The van der Waals surface area contributed by atoms with E-state index < -0.39 is 24.5 Å². The fourth-order valence-electron chi connectivity index (χ4n) is 3.07. The zero-order valence-electron chi connectivity index (χ0n) is 16.1. The Kier molecular flexibility index (Phi) is 5.51. The highest BCUT2D eigenvalue weighted by Gasteiger charge is 2.35. The number of carbonyl (C=O) groups is 2. The van der Waals surface area contributed by atoms with Crippen molar-refractivity contribution in [3.63, 3.8) is 0 Å². The summed E-state index contributed by atoms with van der Waals surface area (Å²) in [4.78, 5) is 32.5. The van der Waals surface area contributed by atoms with E-state index in [2.05, 4.69) is 15.1 Å². The summed E-state index contributed by atoms with van der Waals surface area (Å²) in [7, 11) is 1.59. The lowest BCUT2D eigenvalue weighted by atomic mass is 10.0. The van der Waals surface area contributed by atoms with Crippen molar-refractivity contribution in [1.82, 2.24) is 15.0 Å². The molecule has 0 spiro atoms. The van der Waals surface area contributed by atoms with Crippen molar-refractivity contribution >= 4 is 17.6 Å². The average molecular weight is 406 g/mol. The van der Waals surface area contributed by atoms with Gasteiger partial charge < -0.3 is 13.9 Å². The third kappa shape index (κ3) is 4.04. The molecule has 0 saturated carbocycles. The maximum absolute atomic E-state index is 12.8. The predicted molar refractivity (Wildman–Crippen MR) is 105 cm³/mol. The molecule has 1 aliphatic heterocycles. The molecule has 0 saturated heterocycles. The maximum atomic E-state index is 12.8. The van der Waals surface area contributed by atoms with E-state index in [0.717, 1.165) is 11.3 Å². The number of nitrogens with zero attached hydrogens (tertiary/aromatic N) is 4. The molecular weight excluding hydrogens is 388 g/mol. The van der Waals surface area contributed by atoms with Crippen LogP contribution in [0, 0.1) is 0 Å². The first-order valence-corrected chi connectivity index (χ1v) is 9.16. The van der Waals surface area contributed by atoms with E-state index in [4.69, 9.17) is 13.9 Å². The van der Waals surface area contributed by atoms with Crippen molar-refractivity contribution in [1.29, 1.82) is 0 Å². The smallest absolute Gasteiger partial charge is 0.359 e. The van der Waals surface area contributed by atoms with E-state index in [1.54, 1.807) is 19.2 Å². The summed E-state index contributed by atoms with van der Waals surface area (Å²) in [6.07, 6.45) is 6.09. The second kappa shape index (κ2) is 8.56. The van der Waals surface area contributed by atoms with Gasteiger partial charge in [-0.1, -0.05) is 0 Å². The highest BCUT2D eigenvalue weighted by atomic mass is 16.5. The summed E-state index contributed by atoms with van der Waals surface area (Å²) in [5.41, 5.74) is 1.60. The highest BCUT2D eigenvalue weighted by Crippen LogP contribution is 2.33. The first-order valence-electron chi connectivity index (χ1n) is 9.16. The van der Waals surface area contributed by atoms with Gasteiger partial charge in [-0.15, -0.1) is 0 Å². The lowest BCUT2D eigenvalue weighted by Gasteiger charge is -2.19.